The first kappa shape index (κ1) is 17.4. The third-order valence-corrected chi connectivity index (χ3v) is 4.06. The summed E-state index contributed by atoms with van der Waals surface area (Å²) in [5.41, 5.74) is 1.22. The van der Waals surface area contributed by atoms with Crippen molar-refractivity contribution < 1.29 is 19.0 Å². The molecule has 0 aromatic heterocycles. The highest BCUT2D eigenvalue weighted by Gasteiger charge is 2.21. The van der Waals surface area contributed by atoms with Gasteiger partial charge in [-0.3, -0.25) is 4.90 Å². The van der Waals surface area contributed by atoms with Crippen molar-refractivity contribution in [3.63, 3.8) is 0 Å². The van der Waals surface area contributed by atoms with E-state index in [2.05, 4.69) is 11.0 Å². The van der Waals surface area contributed by atoms with E-state index in [9.17, 15) is 4.79 Å². The molecule has 2 rings (SSSR count). The van der Waals surface area contributed by atoms with Crippen LogP contribution in [0, 0.1) is 0 Å². The second-order valence-corrected chi connectivity index (χ2v) is 5.47. The maximum atomic E-state index is 11.7. The smallest absolute Gasteiger partial charge is 0.409 e. The van der Waals surface area contributed by atoms with Crippen LogP contribution in [-0.4, -0.2) is 69.4 Å². The van der Waals surface area contributed by atoms with Gasteiger partial charge in [-0.1, -0.05) is 6.07 Å². The highest BCUT2D eigenvalue weighted by molar-refractivity contribution is 5.67. The molecule has 0 bridgehead atoms. The Labute approximate surface area is 137 Å². The lowest BCUT2D eigenvalue weighted by Gasteiger charge is -2.34. The Kier molecular flexibility index (Phi) is 6.52. The number of benzene rings is 1. The SMILES string of the molecule is CCOC(=O)N1CCN(CCc2ccc(OC)c(OC)c2)CC1. The fraction of sp³-hybridized carbons (Fsp3) is 0.588. The van der Waals surface area contributed by atoms with Gasteiger partial charge in [0.2, 0.25) is 0 Å². The molecule has 1 aromatic carbocycles. The lowest BCUT2D eigenvalue weighted by molar-refractivity contribution is 0.0799. The molecule has 128 valence electrons. The van der Waals surface area contributed by atoms with Crippen LogP contribution < -0.4 is 9.47 Å². The fourth-order valence-corrected chi connectivity index (χ4v) is 2.69. The van der Waals surface area contributed by atoms with Crippen LogP contribution in [0.2, 0.25) is 0 Å². The molecule has 6 heteroatoms. The predicted octanol–water partition coefficient (Wildman–Crippen LogP) is 2.02. The van der Waals surface area contributed by atoms with E-state index >= 15 is 0 Å². The minimum atomic E-state index is -0.202. The number of ether oxygens (including phenoxy) is 3. The zero-order chi connectivity index (χ0) is 16.7. The van der Waals surface area contributed by atoms with Gasteiger partial charge in [0.1, 0.15) is 0 Å². The highest BCUT2D eigenvalue weighted by atomic mass is 16.6. The Morgan fingerprint density at radius 2 is 1.78 bits per heavy atom. The Balaban J connectivity index is 1.80. The fourth-order valence-electron chi connectivity index (χ4n) is 2.69. The first-order chi connectivity index (χ1) is 11.2. The molecule has 0 saturated carbocycles. The Morgan fingerprint density at radius 3 is 2.39 bits per heavy atom. The van der Waals surface area contributed by atoms with Gasteiger partial charge < -0.3 is 19.1 Å². The molecule has 1 aliphatic rings. The van der Waals surface area contributed by atoms with E-state index in [0.29, 0.717) is 6.61 Å². The summed E-state index contributed by atoms with van der Waals surface area (Å²) in [5.74, 6) is 1.51. The minimum absolute atomic E-state index is 0.202. The second-order valence-electron chi connectivity index (χ2n) is 5.47. The van der Waals surface area contributed by atoms with E-state index in [1.54, 1.807) is 19.1 Å². The van der Waals surface area contributed by atoms with Gasteiger partial charge in [-0.25, -0.2) is 4.79 Å². The van der Waals surface area contributed by atoms with Crippen molar-refractivity contribution in [3.8, 4) is 11.5 Å². The average molecular weight is 322 g/mol. The lowest BCUT2D eigenvalue weighted by Crippen LogP contribution is -2.49. The third kappa shape index (κ3) is 4.76. The van der Waals surface area contributed by atoms with E-state index in [-0.39, 0.29) is 6.09 Å². The van der Waals surface area contributed by atoms with Gasteiger partial charge in [0, 0.05) is 32.7 Å². The molecule has 0 radical (unpaired) electrons. The second kappa shape index (κ2) is 8.62. The summed E-state index contributed by atoms with van der Waals surface area (Å²) in [6.45, 7) is 6.44. The van der Waals surface area contributed by atoms with Crippen LogP contribution >= 0.6 is 0 Å². The molecular formula is C17H26N2O4. The van der Waals surface area contributed by atoms with Crippen LogP contribution in [0.15, 0.2) is 18.2 Å². The first-order valence-electron chi connectivity index (χ1n) is 8.03. The number of amides is 1. The van der Waals surface area contributed by atoms with Crippen LogP contribution in [0.3, 0.4) is 0 Å². The summed E-state index contributed by atoms with van der Waals surface area (Å²) < 4.78 is 15.6. The Hall–Kier alpha value is -1.95. The van der Waals surface area contributed by atoms with Gasteiger partial charge >= 0.3 is 6.09 Å². The predicted molar refractivity (Wildman–Crippen MR) is 88.3 cm³/mol. The summed E-state index contributed by atoms with van der Waals surface area (Å²) in [5, 5.41) is 0. The van der Waals surface area contributed by atoms with E-state index in [1.165, 1.54) is 5.56 Å². The lowest BCUT2D eigenvalue weighted by atomic mass is 10.1. The molecule has 1 aromatic rings. The zero-order valence-corrected chi connectivity index (χ0v) is 14.2. The van der Waals surface area contributed by atoms with Gasteiger partial charge in [-0.15, -0.1) is 0 Å². The van der Waals surface area contributed by atoms with E-state index in [1.807, 2.05) is 19.1 Å². The molecule has 0 aliphatic carbocycles. The van der Waals surface area contributed by atoms with Gasteiger partial charge in [-0.2, -0.15) is 0 Å². The van der Waals surface area contributed by atoms with Crippen molar-refractivity contribution in [1.29, 1.82) is 0 Å². The van der Waals surface area contributed by atoms with Crippen molar-refractivity contribution in [3.05, 3.63) is 23.8 Å². The molecule has 1 heterocycles. The number of hydrogen-bond donors (Lipinski definition) is 0. The number of carbonyl (C=O) groups excluding carboxylic acids is 1. The number of nitrogens with zero attached hydrogens (tertiary/aromatic N) is 2. The van der Waals surface area contributed by atoms with Gasteiger partial charge in [-0.05, 0) is 31.0 Å². The van der Waals surface area contributed by atoms with E-state index in [4.69, 9.17) is 14.2 Å². The number of piperazine rings is 1. The molecule has 0 N–H and O–H groups in total. The topological polar surface area (TPSA) is 51.2 Å². The van der Waals surface area contributed by atoms with Crippen molar-refractivity contribution in [1.82, 2.24) is 9.80 Å². The normalized spacial score (nSPS) is 15.3. The highest BCUT2D eigenvalue weighted by Crippen LogP contribution is 2.27. The Bertz CT molecular complexity index is 513. The summed E-state index contributed by atoms with van der Waals surface area (Å²) in [4.78, 5) is 15.8. The van der Waals surface area contributed by atoms with Crippen molar-refractivity contribution in [2.45, 2.75) is 13.3 Å². The molecule has 1 saturated heterocycles. The molecule has 0 atom stereocenters. The third-order valence-electron chi connectivity index (χ3n) is 4.06. The molecule has 1 fully saturated rings. The number of rotatable bonds is 6. The van der Waals surface area contributed by atoms with Gasteiger partial charge in [0.05, 0.1) is 20.8 Å². The van der Waals surface area contributed by atoms with Crippen molar-refractivity contribution in [2.75, 3.05) is 53.6 Å². The molecule has 1 amide bonds. The number of methoxy groups -OCH3 is 2. The summed E-state index contributed by atoms with van der Waals surface area (Å²) >= 11 is 0. The standard InChI is InChI=1S/C17H26N2O4/c1-4-23-17(20)19-11-9-18(10-12-19)8-7-14-5-6-15(21-2)16(13-14)22-3/h5-6,13H,4,7-12H2,1-3H3. The van der Waals surface area contributed by atoms with E-state index < -0.39 is 0 Å². The summed E-state index contributed by atoms with van der Waals surface area (Å²) in [7, 11) is 3.29. The van der Waals surface area contributed by atoms with E-state index in [0.717, 1.165) is 50.6 Å². The maximum Gasteiger partial charge on any atom is 0.409 e. The molecule has 0 unspecified atom stereocenters. The van der Waals surface area contributed by atoms with Crippen LogP contribution in [0.5, 0.6) is 11.5 Å². The van der Waals surface area contributed by atoms with Gasteiger partial charge in [0.25, 0.3) is 0 Å². The first-order valence-corrected chi connectivity index (χ1v) is 8.03. The molecule has 1 aliphatic heterocycles. The minimum Gasteiger partial charge on any atom is -0.493 e. The van der Waals surface area contributed by atoms with Crippen LogP contribution in [0.25, 0.3) is 0 Å². The molecule has 23 heavy (non-hydrogen) atoms. The number of hydrogen-bond acceptors (Lipinski definition) is 5. The van der Waals surface area contributed by atoms with Gasteiger partial charge in [0.15, 0.2) is 11.5 Å². The Morgan fingerprint density at radius 1 is 1.09 bits per heavy atom. The maximum absolute atomic E-state index is 11.7. The monoisotopic (exact) mass is 322 g/mol. The largest absolute Gasteiger partial charge is 0.493 e. The molecule has 0 spiro atoms. The quantitative estimate of drug-likeness (QED) is 0.802. The number of carbonyl (C=O) groups is 1. The average Bonchev–Trinajstić information content (AvgIpc) is 2.60. The van der Waals surface area contributed by atoms with Crippen molar-refractivity contribution >= 4 is 6.09 Å². The molecular weight excluding hydrogens is 296 g/mol. The summed E-state index contributed by atoms with van der Waals surface area (Å²) in [6.07, 6.45) is 0.742. The van der Waals surface area contributed by atoms with Crippen molar-refractivity contribution in [2.24, 2.45) is 0 Å². The summed E-state index contributed by atoms with van der Waals surface area (Å²) in [6, 6.07) is 6.02. The zero-order valence-electron chi connectivity index (χ0n) is 14.2. The van der Waals surface area contributed by atoms with Crippen LogP contribution in [0.4, 0.5) is 4.79 Å². The molecule has 6 nitrogen and oxygen atoms in total. The van der Waals surface area contributed by atoms with Crippen LogP contribution in [0.1, 0.15) is 12.5 Å². The van der Waals surface area contributed by atoms with Crippen LogP contribution in [-0.2, 0) is 11.2 Å².